The van der Waals surface area contributed by atoms with E-state index in [2.05, 4.69) is 12.4 Å². The van der Waals surface area contributed by atoms with E-state index in [0.717, 1.165) is 50.0 Å². The normalized spacial score (nSPS) is 20.6. The van der Waals surface area contributed by atoms with Gasteiger partial charge in [0.25, 0.3) is 0 Å². The molecule has 0 radical (unpaired) electrons. The summed E-state index contributed by atoms with van der Waals surface area (Å²) in [6, 6.07) is 0. The van der Waals surface area contributed by atoms with Gasteiger partial charge in [0.1, 0.15) is 0 Å². The van der Waals surface area contributed by atoms with Gasteiger partial charge in [-0.3, -0.25) is 0 Å². The number of likely N-dealkylation sites (N-methyl/N-ethyl adjacent to an activating group) is 1. The summed E-state index contributed by atoms with van der Waals surface area (Å²) in [5.74, 6) is -0.923. The Morgan fingerprint density at radius 3 is 2.57 bits per heavy atom. The summed E-state index contributed by atoms with van der Waals surface area (Å²) < 4.78 is 1.08. The fourth-order valence-electron chi connectivity index (χ4n) is 1.92. The van der Waals surface area contributed by atoms with Gasteiger partial charge < -0.3 is 19.7 Å². The van der Waals surface area contributed by atoms with Crippen molar-refractivity contribution in [3.8, 4) is 0 Å². The van der Waals surface area contributed by atoms with Gasteiger partial charge in [0.05, 0.1) is 26.7 Å². The number of piperazine rings is 1. The molecule has 82 valence electrons. The molecule has 0 bridgehead atoms. The zero-order valence-electron chi connectivity index (χ0n) is 8.92. The fraction of sp³-hybridized carbons (Fsp3) is 0.900. The number of rotatable bonds is 5. The monoisotopic (exact) mass is 200 g/mol. The molecule has 1 saturated heterocycles. The standard InChI is InChI=1S/C10H20N2O2/c1-12(8-5-11-6-9-12)7-3-2-4-10(13)14/h11H,2-9H2,1H3. The molecule has 0 aromatic carbocycles. The molecule has 4 nitrogen and oxygen atoms in total. The number of unbranched alkanes of at least 4 members (excludes halogenated alkanes) is 1. The second-order valence-corrected chi connectivity index (χ2v) is 4.37. The van der Waals surface area contributed by atoms with Crippen LogP contribution in [0, 0.1) is 0 Å². The summed E-state index contributed by atoms with van der Waals surface area (Å²) in [6.45, 7) is 5.57. The number of carbonyl (C=O) groups is 1. The first-order valence-electron chi connectivity index (χ1n) is 5.36. The third kappa shape index (κ3) is 4.07. The summed E-state index contributed by atoms with van der Waals surface area (Å²) in [7, 11) is 2.25. The molecule has 1 aliphatic rings. The molecule has 0 spiro atoms. The lowest BCUT2D eigenvalue weighted by Gasteiger charge is -2.38. The van der Waals surface area contributed by atoms with E-state index in [-0.39, 0.29) is 6.42 Å². The molecule has 4 heteroatoms. The predicted molar refractivity (Wildman–Crippen MR) is 52.5 cm³/mol. The largest absolute Gasteiger partial charge is 0.550 e. The third-order valence-corrected chi connectivity index (χ3v) is 2.99. The number of aliphatic carboxylic acids is 1. The van der Waals surface area contributed by atoms with Gasteiger partial charge in [-0.15, -0.1) is 0 Å². The van der Waals surface area contributed by atoms with E-state index < -0.39 is 5.97 Å². The molecule has 0 amide bonds. The molecule has 0 unspecified atom stereocenters. The summed E-state index contributed by atoms with van der Waals surface area (Å²) >= 11 is 0. The number of hydrogen-bond acceptors (Lipinski definition) is 3. The van der Waals surface area contributed by atoms with E-state index >= 15 is 0 Å². The van der Waals surface area contributed by atoms with Crippen LogP contribution in [0.5, 0.6) is 0 Å². The summed E-state index contributed by atoms with van der Waals surface area (Å²) in [6.07, 6.45) is 1.95. The van der Waals surface area contributed by atoms with Crippen LogP contribution < -0.4 is 10.4 Å². The number of carboxylic acids is 1. The summed E-state index contributed by atoms with van der Waals surface area (Å²) in [5, 5.41) is 13.5. The van der Waals surface area contributed by atoms with Crippen molar-refractivity contribution >= 4 is 5.97 Å². The highest BCUT2D eigenvalue weighted by Gasteiger charge is 2.23. The van der Waals surface area contributed by atoms with E-state index in [0.29, 0.717) is 0 Å². The van der Waals surface area contributed by atoms with E-state index in [4.69, 9.17) is 0 Å². The van der Waals surface area contributed by atoms with Crippen molar-refractivity contribution in [2.24, 2.45) is 0 Å². The van der Waals surface area contributed by atoms with Gasteiger partial charge in [-0.25, -0.2) is 0 Å². The van der Waals surface area contributed by atoms with Crippen LogP contribution in [0.3, 0.4) is 0 Å². The number of carbonyl (C=O) groups excluding carboxylic acids is 1. The molecule has 1 aliphatic heterocycles. The lowest BCUT2D eigenvalue weighted by atomic mass is 10.2. The predicted octanol–water partition coefficient (Wildman–Crippen LogP) is -1.04. The van der Waals surface area contributed by atoms with Crippen LogP contribution in [0.1, 0.15) is 19.3 Å². The molecule has 14 heavy (non-hydrogen) atoms. The zero-order chi connectivity index (χ0) is 10.4. The van der Waals surface area contributed by atoms with Crippen molar-refractivity contribution in [3.05, 3.63) is 0 Å². The van der Waals surface area contributed by atoms with Gasteiger partial charge in [-0.1, -0.05) is 0 Å². The number of carboxylic acid groups (broad SMARTS) is 1. The number of nitrogens with zero attached hydrogens (tertiary/aromatic N) is 1. The average molecular weight is 200 g/mol. The second kappa shape index (κ2) is 5.32. The molecular formula is C10H20N2O2. The van der Waals surface area contributed by atoms with Gasteiger partial charge in [-0.2, -0.15) is 0 Å². The smallest absolute Gasteiger partial charge is 0.0911 e. The SMILES string of the molecule is C[N+]1(CCCCC(=O)[O-])CCNCC1. The molecule has 1 heterocycles. The van der Waals surface area contributed by atoms with E-state index in [9.17, 15) is 9.90 Å². The van der Waals surface area contributed by atoms with Crippen molar-refractivity contribution in [1.29, 1.82) is 0 Å². The Kier molecular flexibility index (Phi) is 4.35. The van der Waals surface area contributed by atoms with Gasteiger partial charge in [0, 0.05) is 19.1 Å². The van der Waals surface area contributed by atoms with E-state index in [1.165, 1.54) is 0 Å². The van der Waals surface area contributed by atoms with Crippen LogP contribution in [-0.2, 0) is 4.79 Å². The van der Waals surface area contributed by atoms with Gasteiger partial charge in [0.2, 0.25) is 0 Å². The third-order valence-electron chi connectivity index (χ3n) is 2.99. The first-order chi connectivity index (χ1) is 6.62. The van der Waals surface area contributed by atoms with Crippen molar-refractivity contribution in [2.45, 2.75) is 19.3 Å². The maximum absolute atomic E-state index is 10.2. The van der Waals surface area contributed by atoms with Crippen LogP contribution in [0.25, 0.3) is 0 Å². The maximum Gasteiger partial charge on any atom is 0.0911 e. The van der Waals surface area contributed by atoms with Crippen LogP contribution in [0.4, 0.5) is 0 Å². The molecule has 0 atom stereocenters. The van der Waals surface area contributed by atoms with Crippen LogP contribution >= 0.6 is 0 Å². The Morgan fingerprint density at radius 2 is 2.00 bits per heavy atom. The number of quaternary nitrogens is 1. The first kappa shape index (κ1) is 11.5. The van der Waals surface area contributed by atoms with Crippen molar-refractivity contribution in [2.75, 3.05) is 39.8 Å². The lowest BCUT2D eigenvalue weighted by molar-refractivity contribution is -0.911. The second-order valence-electron chi connectivity index (χ2n) is 4.37. The topological polar surface area (TPSA) is 52.2 Å². The molecule has 0 aliphatic carbocycles. The van der Waals surface area contributed by atoms with Gasteiger partial charge in [0.15, 0.2) is 0 Å². The maximum atomic E-state index is 10.2. The minimum atomic E-state index is -0.923. The van der Waals surface area contributed by atoms with Crippen LogP contribution in [-0.4, -0.2) is 50.2 Å². The van der Waals surface area contributed by atoms with Crippen molar-refractivity contribution in [3.63, 3.8) is 0 Å². The van der Waals surface area contributed by atoms with Gasteiger partial charge in [-0.05, 0) is 19.3 Å². The molecular weight excluding hydrogens is 180 g/mol. The molecule has 0 aromatic heterocycles. The highest BCUT2D eigenvalue weighted by molar-refractivity contribution is 5.63. The fourth-order valence-corrected chi connectivity index (χ4v) is 1.92. The highest BCUT2D eigenvalue weighted by atomic mass is 16.4. The quantitative estimate of drug-likeness (QED) is 0.455. The summed E-state index contributed by atoms with van der Waals surface area (Å²) in [4.78, 5) is 10.2. The van der Waals surface area contributed by atoms with E-state index in [1.807, 2.05) is 0 Å². The average Bonchev–Trinajstić information content (AvgIpc) is 2.14. The molecule has 0 aromatic rings. The summed E-state index contributed by atoms with van der Waals surface area (Å²) in [5.41, 5.74) is 0. The number of nitrogens with one attached hydrogen (secondary N) is 1. The first-order valence-corrected chi connectivity index (χ1v) is 5.36. The molecule has 1 fully saturated rings. The van der Waals surface area contributed by atoms with Gasteiger partial charge >= 0.3 is 0 Å². The minimum Gasteiger partial charge on any atom is -0.550 e. The number of hydrogen-bond donors (Lipinski definition) is 1. The minimum absolute atomic E-state index is 0.207. The Bertz CT molecular complexity index is 189. The highest BCUT2D eigenvalue weighted by Crippen LogP contribution is 2.08. The van der Waals surface area contributed by atoms with E-state index in [1.54, 1.807) is 0 Å². The Balaban J connectivity index is 2.12. The Hall–Kier alpha value is -0.610. The molecule has 1 N–H and O–H groups in total. The van der Waals surface area contributed by atoms with Crippen molar-refractivity contribution < 1.29 is 14.4 Å². The zero-order valence-corrected chi connectivity index (χ0v) is 8.92. The molecule has 0 saturated carbocycles. The van der Waals surface area contributed by atoms with Crippen LogP contribution in [0.15, 0.2) is 0 Å². The Labute approximate surface area is 85.5 Å². The molecule has 1 rings (SSSR count). The van der Waals surface area contributed by atoms with Crippen molar-refractivity contribution in [1.82, 2.24) is 5.32 Å². The Morgan fingerprint density at radius 1 is 1.36 bits per heavy atom. The lowest BCUT2D eigenvalue weighted by Crippen LogP contribution is -2.56. The van der Waals surface area contributed by atoms with Crippen LogP contribution in [0.2, 0.25) is 0 Å².